The Labute approximate surface area is 165 Å². The normalized spacial score (nSPS) is 11.3. The summed E-state index contributed by atoms with van der Waals surface area (Å²) in [6, 6.07) is 8.12. The van der Waals surface area contributed by atoms with Gasteiger partial charge in [-0.1, -0.05) is 11.6 Å². The molecule has 1 unspecified atom stereocenters. The first-order valence-electron chi connectivity index (χ1n) is 7.94. The van der Waals surface area contributed by atoms with Crippen molar-refractivity contribution in [3.63, 3.8) is 0 Å². The van der Waals surface area contributed by atoms with Gasteiger partial charge in [0.25, 0.3) is 11.6 Å². The van der Waals surface area contributed by atoms with Crippen LogP contribution in [0.3, 0.4) is 0 Å². The maximum absolute atomic E-state index is 12.4. The van der Waals surface area contributed by atoms with Gasteiger partial charge in [-0.15, -0.1) is 0 Å². The molecule has 9 nitrogen and oxygen atoms in total. The molecule has 2 rings (SSSR count). The van der Waals surface area contributed by atoms with E-state index in [1.165, 1.54) is 45.4 Å². The van der Waals surface area contributed by atoms with E-state index in [-0.39, 0.29) is 27.7 Å². The second kappa shape index (κ2) is 9.05. The summed E-state index contributed by atoms with van der Waals surface area (Å²) in [7, 11) is 2.86. The molecule has 0 aliphatic carbocycles. The predicted octanol–water partition coefficient (Wildman–Crippen LogP) is 3.45. The standard InChI is InChI=1S/C18H17ClN2O7/c1-10(17(22)20-15-7-4-11(21(24)25)8-14(15)19)28-18(23)13-6-5-12(26-2)9-16(13)27-3/h4-10H,1-3H3,(H,20,22). The van der Waals surface area contributed by atoms with Crippen molar-refractivity contribution in [3.8, 4) is 11.5 Å². The molecule has 148 valence electrons. The molecule has 0 aliphatic heterocycles. The smallest absolute Gasteiger partial charge is 0.342 e. The first-order valence-corrected chi connectivity index (χ1v) is 8.32. The lowest BCUT2D eigenvalue weighted by molar-refractivity contribution is -0.384. The summed E-state index contributed by atoms with van der Waals surface area (Å²) in [5.41, 5.74) is 0.0626. The van der Waals surface area contributed by atoms with Crippen molar-refractivity contribution in [3.05, 3.63) is 57.1 Å². The van der Waals surface area contributed by atoms with Crippen LogP contribution in [0.2, 0.25) is 5.02 Å². The molecular formula is C18H17ClN2O7. The molecule has 10 heteroatoms. The van der Waals surface area contributed by atoms with Crippen LogP contribution in [0.1, 0.15) is 17.3 Å². The summed E-state index contributed by atoms with van der Waals surface area (Å²) < 4.78 is 15.4. The van der Waals surface area contributed by atoms with E-state index in [2.05, 4.69) is 5.32 Å². The molecule has 0 aliphatic rings. The molecule has 0 saturated carbocycles. The molecule has 0 radical (unpaired) electrons. The summed E-state index contributed by atoms with van der Waals surface area (Å²) in [6.07, 6.45) is -1.16. The molecule has 28 heavy (non-hydrogen) atoms. The lowest BCUT2D eigenvalue weighted by Gasteiger charge is -2.15. The van der Waals surface area contributed by atoms with Crippen LogP contribution < -0.4 is 14.8 Å². The minimum absolute atomic E-state index is 0.0158. The van der Waals surface area contributed by atoms with Gasteiger partial charge in [0.1, 0.15) is 17.1 Å². The SMILES string of the molecule is COc1ccc(C(=O)OC(C)C(=O)Nc2ccc([N+](=O)[O-])cc2Cl)c(OC)c1. The van der Waals surface area contributed by atoms with Gasteiger partial charge in [-0.25, -0.2) is 4.79 Å². The lowest BCUT2D eigenvalue weighted by Crippen LogP contribution is -2.30. The number of nitrogens with one attached hydrogen (secondary N) is 1. The van der Waals surface area contributed by atoms with Crippen LogP contribution in [0.5, 0.6) is 11.5 Å². The number of nitrogens with zero attached hydrogens (tertiary/aromatic N) is 1. The van der Waals surface area contributed by atoms with Gasteiger partial charge >= 0.3 is 5.97 Å². The minimum atomic E-state index is -1.16. The second-order valence-electron chi connectivity index (χ2n) is 5.52. The highest BCUT2D eigenvalue weighted by atomic mass is 35.5. The van der Waals surface area contributed by atoms with Crippen LogP contribution in [0.15, 0.2) is 36.4 Å². The minimum Gasteiger partial charge on any atom is -0.497 e. The number of non-ortho nitro benzene ring substituents is 1. The van der Waals surface area contributed by atoms with E-state index in [9.17, 15) is 19.7 Å². The van der Waals surface area contributed by atoms with Gasteiger partial charge in [0, 0.05) is 18.2 Å². The third kappa shape index (κ3) is 4.89. The average molecular weight is 409 g/mol. The van der Waals surface area contributed by atoms with Gasteiger partial charge in [-0.3, -0.25) is 14.9 Å². The fraction of sp³-hybridized carbons (Fsp3) is 0.222. The molecule has 2 aromatic rings. The van der Waals surface area contributed by atoms with Crippen LogP contribution in [0.25, 0.3) is 0 Å². The van der Waals surface area contributed by atoms with Crippen molar-refractivity contribution in [1.29, 1.82) is 0 Å². The van der Waals surface area contributed by atoms with Crippen LogP contribution in [-0.4, -0.2) is 37.1 Å². The highest BCUT2D eigenvalue weighted by molar-refractivity contribution is 6.34. The van der Waals surface area contributed by atoms with Crippen LogP contribution in [0.4, 0.5) is 11.4 Å². The maximum atomic E-state index is 12.4. The Bertz CT molecular complexity index is 917. The number of amides is 1. The lowest BCUT2D eigenvalue weighted by atomic mass is 10.2. The number of rotatable bonds is 7. The Morgan fingerprint density at radius 2 is 1.86 bits per heavy atom. The molecule has 2 aromatic carbocycles. The van der Waals surface area contributed by atoms with E-state index in [0.29, 0.717) is 5.75 Å². The number of nitro groups is 1. The Kier molecular flexibility index (Phi) is 6.78. The molecule has 0 fully saturated rings. The second-order valence-corrected chi connectivity index (χ2v) is 5.93. The van der Waals surface area contributed by atoms with Crippen molar-refractivity contribution < 1.29 is 28.7 Å². The molecule has 0 saturated heterocycles. The number of esters is 1. The molecule has 1 atom stereocenters. The van der Waals surface area contributed by atoms with E-state index < -0.39 is 22.9 Å². The molecule has 1 amide bonds. The van der Waals surface area contributed by atoms with Crippen LogP contribution >= 0.6 is 11.6 Å². The van der Waals surface area contributed by atoms with Gasteiger partial charge in [0.05, 0.1) is 29.9 Å². The van der Waals surface area contributed by atoms with Gasteiger partial charge in [-0.2, -0.15) is 0 Å². The number of anilines is 1. The fourth-order valence-electron chi connectivity index (χ4n) is 2.20. The predicted molar refractivity (Wildman–Crippen MR) is 101 cm³/mol. The number of ether oxygens (including phenoxy) is 3. The number of benzene rings is 2. The Hall–Kier alpha value is -3.33. The maximum Gasteiger partial charge on any atom is 0.342 e. The van der Waals surface area contributed by atoms with E-state index in [1.54, 1.807) is 6.07 Å². The van der Waals surface area contributed by atoms with Gasteiger partial charge < -0.3 is 19.5 Å². The zero-order valence-electron chi connectivity index (χ0n) is 15.2. The van der Waals surface area contributed by atoms with E-state index in [4.69, 9.17) is 25.8 Å². The number of hydrogen-bond donors (Lipinski definition) is 1. The summed E-state index contributed by atoms with van der Waals surface area (Å²) >= 11 is 5.94. The third-order valence-corrected chi connectivity index (χ3v) is 4.02. The topological polar surface area (TPSA) is 117 Å². The summed E-state index contributed by atoms with van der Waals surface area (Å²) in [5.74, 6) is -0.698. The Morgan fingerprint density at radius 1 is 1.14 bits per heavy atom. The van der Waals surface area contributed by atoms with Crippen molar-refractivity contribution >= 4 is 34.9 Å². The molecule has 0 spiro atoms. The molecule has 1 N–H and O–H groups in total. The van der Waals surface area contributed by atoms with Gasteiger partial charge in [0.2, 0.25) is 0 Å². The number of methoxy groups -OCH3 is 2. The highest BCUT2D eigenvalue weighted by Gasteiger charge is 2.23. The molecule has 0 aromatic heterocycles. The van der Waals surface area contributed by atoms with Gasteiger partial charge in [-0.05, 0) is 25.1 Å². The number of halogens is 1. The molecular weight excluding hydrogens is 392 g/mol. The van der Waals surface area contributed by atoms with Crippen molar-refractivity contribution in [1.82, 2.24) is 0 Å². The zero-order chi connectivity index (χ0) is 20.8. The molecule has 0 heterocycles. The largest absolute Gasteiger partial charge is 0.497 e. The average Bonchev–Trinajstić information content (AvgIpc) is 2.68. The third-order valence-electron chi connectivity index (χ3n) is 3.70. The van der Waals surface area contributed by atoms with Crippen molar-refractivity contribution in [2.45, 2.75) is 13.0 Å². The van der Waals surface area contributed by atoms with Crippen molar-refractivity contribution in [2.75, 3.05) is 19.5 Å². The van der Waals surface area contributed by atoms with E-state index in [1.807, 2.05) is 0 Å². The Balaban J connectivity index is 2.08. The molecule has 0 bridgehead atoms. The number of nitro benzene ring substituents is 1. The first-order chi connectivity index (χ1) is 13.3. The fourth-order valence-corrected chi connectivity index (χ4v) is 2.42. The monoisotopic (exact) mass is 408 g/mol. The van der Waals surface area contributed by atoms with Crippen LogP contribution in [-0.2, 0) is 9.53 Å². The summed E-state index contributed by atoms with van der Waals surface area (Å²) in [6.45, 7) is 1.38. The summed E-state index contributed by atoms with van der Waals surface area (Å²) in [5, 5.41) is 13.2. The number of carbonyl (C=O) groups excluding carboxylic acids is 2. The summed E-state index contributed by atoms with van der Waals surface area (Å²) in [4.78, 5) is 34.7. The van der Waals surface area contributed by atoms with E-state index in [0.717, 1.165) is 6.07 Å². The Morgan fingerprint density at radius 3 is 2.43 bits per heavy atom. The van der Waals surface area contributed by atoms with Gasteiger partial charge in [0.15, 0.2) is 6.10 Å². The van der Waals surface area contributed by atoms with E-state index >= 15 is 0 Å². The first kappa shape index (κ1) is 21.0. The zero-order valence-corrected chi connectivity index (χ0v) is 16.0. The van der Waals surface area contributed by atoms with Crippen LogP contribution in [0, 0.1) is 10.1 Å². The highest BCUT2D eigenvalue weighted by Crippen LogP contribution is 2.28. The van der Waals surface area contributed by atoms with Crippen molar-refractivity contribution in [2.24, 2.45) is 0 Å². The number of carbonyl (C=O) groups is 2. The quantitative estimate of drug-likeness (QED) is 0.423. The number of hydrogen-bond acceptors (Lipinski definition) is 7.